The van der Waals surface area contributed by atoms with E-state index in [4.69, 9.17) is 39.5 Å². The highest BCUT2D eigenvalue weighted by Crippen LogP contribution is 2.27. The monoisotopic (exact) mass is 385 g/mol. The third-order valence-corrected chi connectivity index (χ3v) is 4.86. The molecule has 2 rings (SSSR count). The number of nitrogens with zero attached hydrogens (tertiary/aromatic N) is 1. The number of rotatable bonds is 6. The van der Waals surface area contributed by atoms with Crippen LogP contribution in [0, 0.1) is 0 Å². The molecule has 6 heteroatoms. The van der Waals surface area contributed by atoms with Crippen molar-refractivity contribution in [1.29, 1.82) is 0 Å². The van der Waals surface area contributed by atoms with Crippen LogP contribution in [-0.4, -0.2) is 25.0 Å². The van der Waals surface area contributed by atoms with E-state index in [1.165, 1.54) is 0 Å². The molecule has 2 aromatic carbocycles. The fourth-order valence-corrected chi connectivity index (χ4v) is 2.98. The van der Waals surface area contributed by atoms with Gasteiger partial charge in [0, 0.05) is 20.0 Å². The van der Waals surface area contributed by atoms with Gasteiger partial charge in [0.2, 0.25) is 5.91 Å². The second-order valence-electron chi connectivity index (χ2n) is 5.43. The lowest BCUT2D eigenvalue weighted by Gasteiger charge is -2.18. The van der Waals surface area contributed by atoms with Gasteiger partial charge < -0.3 is 9.64 Å². The summed E-state index contributed by atoms with van der Waals surface area (Å²) in [5.41, 5.74) is 1.82. The fraction of sp³-hybridized carbons (Fsp3) is 0.278. The molecule has 0 fully saturated rings. The number of methoxy groups -OCH3 is 1. The van der Waals surface area contributed by atoms with E-state index >= 15 is 0 Å². The summed E-state index contributed by atoms with van der Waals surface area (Å²) in [4.78, 5) is 14.0. The standard InChI is InChI=1S/C18H18Cl3NO2/c1-22(11-13-4-3-5-14(19)18(13)21)17(23)9-7-12-6-8-16(24-2)15(20)10-12/h3-6,8,10H,7,9,11H2,1-2H3. The Kier molecular flexibility index (Phi) is 6.79. The zero-order valence-corrected chi connectivity index (χ0v) is 15.8. The third kappa shape index (κ3) is 4.79. The highest BCUT2D eigenvalue weighted by Gasteiger charge is 2.13. The van der Waals surface area contributed by atoms with Crippen molar-refractivity contribution < 1.29 is 9.53 Å². The quantitative estimate of drug-likeness (QED) is 0.679. The van der Waals surface area contributed by atoms with E-state index < -0.39 is 0 Å². The van der Waals surface area contributed by atoms with Gasteiger partial charge in [-0.2, -0.15) is 0 Å². The lowest BCUT2D eigenvalue weighted by Crippen LogP contribution is -2.26. The van der Waals surface area contributed by atoms with Crippen LogP contribution in [-0.2, 0) is 17.8 Å². The number of amides is 1. The van der Waals surface area contributed by atoms with E-state index in [1.807, 2.05) is 24.3 Å². The summed E-state index contributed by atoms with van der Waals surface area (Å²) in [6, 6.07) is 10.9. The van der Waals surface area contributed by atoms with Crippen LogP contribution in [0.1, 0.15) is 17.5 Å². The summed E-state index contributed by atoms with van der Waals surface area (Å²) in [6.45, 7) is 0.418. The van der Waals surface area contributed by atoms with Gasteiger partial charge in [-0.15, -0.1) is 0 Å². The minimum Gasteiger partial charge on any atom is -0.495 e. The maximum Gasteiger partial charge on any atom is 0.222 e. The zero-order chi connectivity index (χ0) is 17.7. The average Bonchev–Trinajstić information content (AvgIpc) is 2.56. The molecule has 0 aliphatic rings. The molecule has 2 aromatic rings. The maximum absolute atomic E-state index is 12.3. The van der Waals surface area contributed by atoms with Crippen molar-refractivity contribution >= 4 is 40.7 Å². The second-order valence-corrected chi connectivity index (χ2v) is 6.62. The third-order valence-electron chi connectivity index (χ3n) is 3.71. The number of hydrogen-bond donors (Lipinski definition) is 0. The normalized spacial score (nSPS) is 10.5. The average molecular weight is 387 g/mol. The second kappa shape index (κ2) is 8.61. The lowest BCUT2D eigenvalue weighted by atomic mass is 10.1. The van der Waals surface area contributed by atoms with Gasteiger partial charge in [0.1, 0.15) is 5.75 Å². The number of carbonyl (C=O) groups is 1. The summed E-state index contributed by atoms with van der Waals surface area (Å²) < 4.78 is 5.12. The smallest absolute Gasteiger partial charge is 0.222 e. The van der Waals surface area contributed by atoms with Crippen molar-refractivity contribution in [3.63, 3.8) is 0 Å². The molecule has 0 aliphatic carbocycles. The number of carbonyl (C=O) groups excluding carboxylic acids is 1. The number of halogens is 3. The predicted octanol–water partition coefficient (Wildman–Crippen LogP) is 5.25. The van der Waals surface area contributed by atoms with Gasteiger partial charge in [0.25, 0.3) is 0 Å². The largest absolute Gasteiger partial charge is 0.495 e. The predicted molar refractivity (Wildman–Crippen MR) is 99.3 cm³/mol. The number of benzene rings is 2. The molecule has 0 aromatic heterocycles. The summed E-state index contributed by atoms with van der Waals surface area (Å²) in [7, 11) is 3.32. The molecule has 1 amide bonds. The van der Waals surface area contributed by atoms with Gasteiger partial charge in [0.05, 0.1) is 22.2 Å². The highest BCUT2D eigenvalue weighted by molar-refractivity contribution is 6.42. The highest BCUT2D eigenvalue weighted by atomic mass is 35.5. The van der Waals surface area contributed by atoms with E-state index in [-0.39, 0.29) is 5.91 Å². The van der Waals surface area contributed by atoms with Crippen molar-refractivity contribution in [2.24, 2.45) is 0 Å². The molecule has 128 valence electrons. The topological polar surface area (TPSA) is 29.5 Å². The Bertz CT molecular complexity index is 734. The van der Waals surface area contributed by atoms with Crippen molar-refractivity contribution in [3.8, 4) is 5.75 Å². The summed E-state index contributed by atoms with van der Waals surface area (Å²) in [5, 5.41) is 1.52. The SMILES string of the molecule is COc1ccc(CCC(=O)N(C)Cc2cccc(Cl)c2Cl)cc1Cl. The van der Waals surface area contributed by atoms with Gasteiger partial charge in [-0.3, -0.25) is 4.79 Å². The van der Waals surface area contributed by atoms with E-state index in [0.29, 0.717) is 40.2 Å². The van der Waals surface area contributed by atoms with E-state index in [2.05, 4.69) is 0 Å². The molecule has 3 nitrogen and oxygen atoms in total. The molecule has 0 saturated carbocycles. The Morgan fingerprint density at radius 2 is 1.88 bits per heavy atom. The fourth-order valence-electron chi connectivity index (χ4n) is 2.32. The molecule has 0 aliphatic heterocycles. The van der Waals surface area contributed by atoms with Crippen molar-refractivity contribution in [2.75, 3.05) is 14.2 Å². The molecular weight excluding hydrogens is 369 g/mol. The Balaban J connectivity index is 1.94. The van der Waals surface area contributed by atoms with Gasteiger partial charge in [-0.25, -0.2) is 0 Å². The molecule has 0 bridgehead atoms. The maximum atomic E-state index is 12.3. The number of hydrogen-bond acceptors (Lipinski definition) is 2. The molecule has 0 N–H and O–H groups in total. The minimum atomic E-state index is 0.0259. The first-order chi connectivity index (χ1) is 11.4. The molecular formula is C18H18Cl3NO2. The number of ether oxygens (including phenoxy) is 1. The lowest BCUT2D eigenvalue weighted by molar-refractivity contribution is -0.130. The van der Waals surface area contributed by atoms with Gasteiger partial charge in [-0.05, 0) is 35.7 Å². The Morgan fingerprint density at radius 3 is 2.54 bits per heavy atom. The summed E-state index contributed by atoms with van der Waals surface area (Å²) in [6.07, 6.45) is 0.994. The summed E-state index contributed by atoms with van der Waals surface area (Å²) >= 11 is 18.3. The van der Waals surface area contributed by atoms with Crippen LogP contribution < -0.4 is 4.74 Å². The van der Waals surface area contributed by atoms with Crippen LogP contribution in [0.15, 0.2) is 36.4 Å². The van der Waals surface area contributed by atoms with Gasteiger partial charge in [0.15, 0.2) is 0 Å². The van der Waals surface area contributed by atoms with E-state index in [9.17, 15) is 4.79 Å². The minimum absolute atomic E-state index is 0.0259. The molecule has 0 unspecified atom stereocenters. The van der Waals surface area contributed by atoms with E-state index in [1.54, 1.807) is 31.2 Å². The van der Waals surface area contributed by atoms with Crippen molar-refractivity contribution in [1.82, 2.24) is 4.90 Å². The molecule has 24 heavy (non-hydrogen) atoms. The Labute approximate surface area is 157 Å². The van der Waals surface area contributed by atoms with Crippen LogP contribution in [0.5, 0.6) is 5.75 Å². The molecule has 0 spiro atoms. The first-order valence-corrected chi connectivity index (χ1v) is 8.55. The first kappa shape index (κ1) is 18.9. The van der Waals surface area contributed by atoms with Crippen molar-refractivity contribution in [2.45, 2.75) is 19.4 Å². The van der Waals surface area contributed by atoms with Crippen LogP contribution >= 0.6 is 34.8 Å². The first-order valence-electron chi connectivity index (χ1n) is 7.41. The molecule has 0 saturated heterocycles. The van der Waals surface area contributed by atoms with Crippen LogP contribution in [0.2, 0.25) is 15.1 Å². The molecule has 0 atom stereocenters. The van der Waals surface area contributed by atoms with Crippen molar-refractivity contribution in [3.05, 3.63) is 62.6 Å². The van der Waals surface area contributed by atoms with Crippen LogP contribution in [0.25, 0.3) is 0 Å². The molecule has 0 radical (unpaired) electrons. The van der Waals surface area contributed by atoms with Crippen LogP contribution in [0.4, 0.5) is 0 Å². The van der Waals surface area contributed by atoms with Crippen LogP contribution in [0.3, 0.4) is 0 Å². The number of aryl methyl sites for hydroxylation is 1. The van der Waals surface area contributed by atoms with Gasteiger partial charge >= 0.3 is 0 Å². The van der Waals surface area contributed by atoms with Gasteiger partial charge in [-0.1, -0.05) is 53.0 Å². The Hall–Kier alpha value is -1.42. The summed E-state index contributed by atoms with van der Waals surface area (Å²) in [5.74, 6) is 0.650. The van der Waals surface area contributed by atoms with E-state index in [0.717, 1.165) is 11.1 Å². The molecule has 0 heterocycles. The Morgan fingerprint density at radius 1 is 1.12 bits per heavy atom. The zero-order valence-electron chi connectivity index (χ0n) is 13.5.